The second-order valence-electron chi connectivity index (χ2n) is 6.29. The fraction of sp³-hybridized carbons (Fsp3) is 0.562. The van der Waals surface area contributed by atoms with Gasteiger partial charge in [-0.05, 0) is 44.9 Å². The van der Waals surface area contributed by atoms with Gasteiger partial charge in [0.25, 0.3) is 0 Å². The van der Waals surface area contributed by atoms with Crippen molar-refractivity contribution in [3.63, 3.8) is 0 Å². The Kier molecular flexibility index (Phi) is 7.52. The third kappa shape index (κ3) is 6.96. The maximum absolute atomic E-state index is 11.9. The smallest absolute Gasteiger partial charge is 0.422 e. The van der Waals surface area contributed by atoms with Gasteiger partial charge in [0.1, 0.15) is 5.60 Å². The van der Waals surface area contributed by atoms with Crippen molar-refractivity contribution >= 4 is 16.3 Å². The van der Waals surface area contributed by atoms with Gasteiger partial charge in [-0.15, -0.1) is 0 Å². The molecule has 1 aromatic rings. The Morgan fingerprint density at radius 1 is 1.04 bits per heavy atom. The van der Waals surface area contributed by atoms with Gasteiger partial charge in [0.2, 0.25) is 5.75 Å². The minimum absolute atomic E-state index is 0.0523. The van der Waals surface area contributed by atoms with Crippen LogP contribution in [-0.2, 0) is 21.4 Å². The molecule has 0 aliphatic rings. The van der Waals surface area contributed by atoms with Crippen molar-refractivity contribution in [1.82, 2.24) is 9.44 Å². The third-order valence-electron chi connectivity index (χ3n) is 3.05. The average Bonchev–Trinajstić information content (AvgIpc) is 2.50. The Balaban J connectivity index is 2.71. The highest BCUT2D eigenvalue weighted by atomic mass is 32.2. The van der Waals surface area contributed by atoms with Gasteiger partial charge in [-0.3, -0.25) is 0 Å². The lowest BCUT2D eigenvalue weighted by Gasteiger charge is -2.19. The summed E-state index contributed by atoms with van der Waals surface area (Å²) in [6.45, 7) is 4.96. The zero-order valence-corrected chi connectivity index (χ0v) is 16.7. The van der Waals surface area contributed by atoms with E-state index in [1.807, 2.05) is 0 Å². The number of carbonyl (C=O) groups excluding carboxylic acids is 1. The molecule has 0 saturated carbocycles. The van der Waals surface area contributed by atoms with E-state index >= 15 is 0 Å². The molecule has 0 aliphatic carbocycles. The van der Waals surface area contributed by atoms with Crippen molar-refractivity contribution in [3.05, 3.63) is 17.7 Å². The fourth-order valence-corrected chi connectivity index (χ4v) is 2.76. The first-order valence-electron chi connectivity index (χ1n) is 7.80. The van der Waals surface area contributed by atoms with E-state index in [9.17, 15) is 13.2 Å². The molecule has 0 atom stereocenters. The van der Waals surface area contributed by atoms with E-state index in [1.54, 1.807) is 37.6 Å². The van der Waals surface area contributed by atoms with Gasteiger partial charge in [-0.2, -0.15) is 13.1 Å². The molecule has 0 spiro atoms. The Hall–Kier alpha value is -2.20. The van der Waals surface area contributed by atoms with Crippen molar-refractivity contribution in [3.8, 4) is 17.2 Å². The summed E-state index contributed by atoms with van der Waals surface area (Å²) in [5, 5.41) is 0. The van der Waals surface area contributed by atoms with Crippen molar-refractivity contribution in [2.24, 2.45) is 0 Å². The third-order valence-corrected chi connectivity index (χ3v) is 4.07. The van der Waals surface area contributed by atoms with Crippen LogP contribution in [-0.4, -0.2) is 48.0 Å². The van der Waals surface area contributed by atoms with E-state index in [0.29, 0.717) is 23.7 Å². The van der Waals surface area contributed by atoms with Crippen molar-refractivity contribution in [1.29, 1.82) is 0 Å². The zero-order valence-electron chi connectivity index (χ0n) is 15.8. The van der Waals surface area contributed by atoms with Gasteiger partial charge in [-0.25, -0.2) is 9.52 Å². The van der Waals surface area contributed by atoms with Crippen LogP contribution in [0.4, 0.5) is 4.79 Å². The summed E-state index contributed by atoms with van der Waals surface area (Å²) < 4.78 is 48.4. The zero-order chi connectivity index (χ0) is 20.0. The first kappa shape index (κ1) is 21.8. The predicted molar refractivity (Wildman–Crippen MR) is 96.1 cm³/mol. The summed E-state index contributed by atoms with van der Waals surface area (Å²) in [4.78, 5) is 11.5. The molecule has 1 amide bonds. The van der Waals surface area contributed by atoms with Crippen LogP contribution in [0.2, 0.25) is 0 Å². The Morgan fingerprint density at radius 3 is 2.00 bits per heavy atom. The molecule has 10 heteroatoms. The van der Waals surface area contributed by atoms with E-state index in [1.165, 1.54) is 21.3 Å². The van der Waals surface area contributed by atoms with E-state index in [-0.39, 0.29) is 6.54 Å². The molecular weight excluding hydrogens is 364 g/mol. The summed E-state index contributed by atoms with van der Waals surface area (Å²) >= 11 is 0. The van der Waals surface area contributed by atoms with Crippen molar-refractivity contribution < 1.29 is 32.2 Å². The summed E-state index contributed by atoms with van der Waals surface area (Å²) in [5.41, 5.74) is -0.0324. The molecule has 0 aromatic heterocycles. The maximum Gasteiger partial charge on any atom is 0.422 e. The largest absolute Gasteiger partial charge is 0.493 e. The van der Waals surface area contributed by atoms with Crippen molar-refractivity contribution in [2.75, 3.05) is 27.9 Å². The molecule has 0 aliphatic heterocycles. The van der Waals surface area contributed by atoms with Gasteiger partial charge in [-0.1, -0.05) is 0 Å². The Bertz CT molecular complexity index is 702. The number of amides is 1. The molecule has 0 unspecified atom stereocenters. The molecule has 9 nitrogen and oxygen atoms in total. The molecule has 0 heterocycles. The molecule has 0 fully saturated rings. The second kappa shape index (κ2) is 8.95. The number of ether oxygens (including phenoxy) is 4. The van der Waals surface area contributed by atoms with Crippen molar-refractivity contribution in [2.45, 2.75) is 32.8 Å². The van der Waals surface area contributed by atoms with Gasteiger partial charge >= 0.3 is 16.3 Å². The summed E-state index contributed by atoms with van der Waals surface area (Å²) in [6.07, 6.45) is -0.704. The first-order valence-corrected chi connectivity index (χ1v) is 9.29. The number of nitrogens with one attached hydrogen (secondary N) is 2. The minimum atomic E-state index is -4.03. The van der Waals surface area contributed by atoms with E-state index in [4.69, 9.17) is 18.9 Å². The number of hydrogen-bond acceptors (Lipinski definition) is 7. The van der Waals surface area contributed by atoms with Crippen LogP contribution in [0.5, 0.6) is 17.2 Å². The minimum Gasteiger partial charge on any atom is -0.493 e. The number of carbonyl (C=O) groups is 1. The normalized spacial score (nSPS) is 11.6. The van der Waals surface area contributed by atoms with E-state index in [2.05, 4.69) is 4.72 Å². The van der Waals surface area contributed by atoms with Gasteiger partial charge in [0.05, 0.1) is 21.3 Å². The van der Waals surface area contributed by atoms with Crippen LogP contribution >= 0.6 is 0 Å². The first-order chi connectivity index (χ1) is 12.0. The summed E-state index contributed by atoms with van der Waals surface area (Å²) in [5.74, 6) is 1.39. The molecule has 0 saturated heterocycles. The number of rotatable bonds is 8. The van der Waals surface area contributed by atoms with E-state index in [0.717, 1.165) is 5.56 Å². The molecule has 1 rings (SSSR count). The highest BCUT2D eigenvalue weighted by Crippen LogP contribution is 2.38. The predicted octanol–water partition coefficient (Wildman–Crippen LogP) is 1.61. The number of benzene rings is 1. The molecule has 1 aromatic carbocycles. The van der Waals surface area contributed by atoms with E-state index < -0.39 is 21.9 Å². The lowest BCUT2D eigenvalue weighted by atomic mass is 10.1. The second-order valence-corrected chi connectivity index (χ2v) is 7.78. The highest BCUT2D eigenvalue weighted by molar-refractivity contribution is 7.88. The maximum atomic E-state index is 11.9. The van der Waals surface area contributed by atoms with Crippen LogP contribution in [0.3, 0.4) is 0 Å². The lowest BCUT2D eigenvalue weighted by molar-refractivity contribution is 0.0569. The molecule has 0 radical (unpaired) electrons. The van der Waals surface area contributed by atoms with Gasteiger partial charge in [0.15, 0.2) is 11.5 Å². The average molecular weight is 390 g/mol. The molecule has 2 N–H and O–H groups in total. The summed E-state index contributed by atoms with van der Waals surface area (Å²) in [7, 11) is 0.456. The Labute approximate surface area is 154 Å². The number of hydrogen-bond donors (Lipinski definition) is 2. The van der Waals surface area contributed by atoms with Crippen LogP contribution in [0, 0.1) is 0 Å². The van der Waals surface area contributed by atoms with Crippen LogP contribution < -0.4 is 23.7 Å². The molecule has 0 bridgehead atoms. The number of methoxy groups -OCH3 is 3. The quantitative estimate of drug-likeness (QED) is 0.693. The van der Waals surface area contributed by atoms with Crippen LogP contribution in [0.1, 0.15) is 26.3 Å². The fourth-order valence-electron chi connectivity index (χ4n) is 2.05. The highest BCUT2D eigenvalue weighted by Gasteiger charge is 2.21. The lowest BCUT2D eigenvalue weighted by Crippen LogP contribution is -2.43. The molecule has 26 heavy (non-hydrogen) atoms. The Morgan fingerprint density at radius 2 is 1.58 bits per heavy atom. The summed E-state index contributed by atoms with van der Waals surface area (Å²) in [6, 6.07) is 3.44. The molecular formula is C16H26N2O7S. The van der Waals surface area contributed by atoms with Gasteiger partial charge in [0, 0.05) is 6.54 Å². The standard InChI is InChI=1S/C16H26N2O7S/c1-16(2,3)25-15(19)18-26(20,21)17-8-7-11-9-12(22-4)14(24-6)13(10-11)23-5/h9-10,17H,7-8H2,1-6H3,(H,18,19). The van der Waals surface area contributed by atoms with Crippen LogP contribution in [0.15, 0.2) is 12.1 Å². The topological polar surface area (TPSA) is 112 Å². The van der Waals surface area contributed by atoms with Crippen LogP contribution in [0.25, 0.3) is 0 Å². The van der Waals surface area contributed by atoms with Gasteiger partial charge < -0.3 is 18.9 Å². The molecule has 148 valence electrons. The monoisotopic (exact) mass is 390 g/mol. The SMILES string of the molecule is COc1cc(CCNS(=O)(=O)NC(=O)OC(C)(C)C)cc(OC)c1OC.